The van der Waals surface area contributed by atoms with Gasteiger partial charge in [-0.2, -0.15) is 0 Å². The Kier molecular flexibility index (Phi) is 10.9. The first kappa shape index (κ1) is 29.1. The summed E-state index contributed by atoms with van der Waals surface area (Å²) in [5.41, 5.74) is 4.26. The van der Waals surface area contributed by atoms with Crippen molar-refractivity contribution in [1.82, 2.24) is 9.80 Å². The molecule has 0 aliphatic rings. The van der Waals surface area contributed by atoms with Crippen molar-refractivity contribution in [2.75, 3.05) is 12.4 Å². The highest BCUT2D eigenvalue weighted by Crippen LogP contribution is 2.21. The molecule has 206 valence electrons. The van der Waals surface area contributed by atoms with Crippen molar-refractivity contribution in [2.45, 2.75) is 38.0 Å². The number of aliphatic carboxylic acids is 1. The molecule has 40 heavy (non-hydrogen) atoms. The first-order chi connectivity index (χ1) is 19.5. The van der Waals surface area contributed by atoms with Gasteiger partial charge in [-0.15, -0.1) is 11.6 Å². The molecule has 0 aliphatic carbocycles. The van der Waals surface area contributed by atoms with Crippen molar-refractivity contribution in [2.24, 2.45) is 0 Å². The van der Waals surface area contributed by atoms with Crippen LogP contribution < -0.4 is 0 Å². The van der Waals surface area contributed by atoms with Crippen LogP contribution in [0.3, 0.4) is 0 Å². The van der Waals surface area contributed by atoms with Gasteiger partial charge in [0, 0.05) is 32.1 Å². The lowest BCUT2D eigenvalue weighted by molar-refractivity contribution is -0.150. The van der Waals surface area contributed by atoms with E-state index in [-0.39, 0.29) is 30.8 Å². The normalized spacial score (nSPS) is 12.6. The second-order valence-corrected chi connectivity index (χ2v) is 10.2. The average Bonchev–Trinajstić information content (AvgIpc) is 2.99. The summed E-state index contributed by atoms with van der Waals surface area (Å²) in [6, 6.07) is 38.8. The fourth-order valence-electron chi connectivity index (χ4n) is 5.02. The van der Waals surface area contributed by atoms with Crippen LogP contribution in [-0.4, -0.2) is 51.3 Å². The van der Waals surface area contributed by atoms with Crippen molar-refractivity contribution in [1.29, 1.82) is 0 Å². The van der Waals surface area contributed by atoms with Gasteiger partial charge in [-0.05, 0) is 28.7 Å². The monoisotopic (exact) mass is 554 g/mol. The Labute approximate surface area is 241 Å². The lowest BCUT2D eigenvalue weighted by atomic mass is 9.99. The minimum atomic E-state index is -1.04. The molecule has 5 nitrogen and oxygen atoms in total. The van der Waals surface area contributed by atoms with E-state index >= 15 is 0 Å². The maximum absolute atomic E-state index is 13.3. The van der Waals surface area contributed by atoms with E-state index < -0.39 is 12.0 Å². The van der Waals surface area contributed by atoms with Gasteiger partial charge in [-0.3, -0.25) is 9.69 Å². The van der Waals surface area contributed by atoms with Crippen LogP contribution in [0.1, 0.15) is 22.3 Å². The van der Waals surface area contributed by atoms with Gasteiger partial charge >= 0.3 is 5.97 Å². The fourth-order valence-corrected chi connectivity index (χ4v) is 5.17. The van der Waals surface area contributed by atoms with Crippen LogP contribution in [0, 0.1) is 0 Å². The molecule has 6 heteroatoms. The molecule has 0 fully saturated rings. The van der Waals surface area contributed by atoms with Crippen LogP contribution >= 0.6 is 11.6 Å². The van der Waals surface area contributed by atoms with Crippen LogP contribution in [0.2, 0.25) is 0 Å². The first-order valence-corrected chi connectivity index (χ1v) is 14.0. The molecule has 4 aromatic rings. The van der Waals surface area contributed by atoms with Crippen molar-refractivity contribution in [3.63, 3.8) is 0 Å². The zero-order chi connectivity index (χ0) is 28.2. The standard InChI is InChI=1S/C34H35ClN2O3/c35-23-33(38)37(32(34(39)40)22-28-15-7-2-8-16-28)26-31(21-27-13-5-1-6-14-27)36(24-29-17-9-3-10-18-29)25-30-19-11-4-12-20-30/h1-20,31-32H,21-26H2,(H,39,40)/t31-,32-/m0/s1. The number of carbonyl (C=O) groups excluding carboxylic acids is 1. The molecule has 0 radical (unpaired) electrons. The van der Waals surface area contributed by atoms with E-state index in [0.717, 1.165) is 22.3 Å². The summed E-state index contributed by atoms with van der Waals surface area (Å²) in [6.07, 6.45) is 0.846. The van der Waals surface area contributed by atoms with Crippen LogP contribution in [0.4, 0.5) is 0 Å². The van der Waals surface area contributed by atoms with Crippen LogP contribution in [-0.2, 0) is 35.5 Å². The number of benzene rings is 4. The number of carbonyl (C=O) groups is 2. The SMILES string of the molecule is O=C(O)[C@H](Cc1ccccc1)N(C[C@H](Cc1ccccc1)N(Cc1ccccc1)Cc1ccccc1)C(=O)CCl. The number of rotatable bonds is 14. The summed E-state index contributed by atoms with van der Waals surface area (Å²) in [4.78, 5) is 29.7. The molecule has 0 saturated heterocycles. The van der Waals surface area contributed by atoms with Gasteiger partial charge in [-0.1, -0.05) is 121 Å². The lowest BCUT2D eigenvalue weighted by Gasteiger charge is -2.38. The van der Waals surface area contributed by atoms with E-state index in [4.69, 9.17) is 11.6 Å². The zero-order valence-corrected chi connectivity index (χ0v) is 23.2. The maximum Gasteiger partial charge on any atom is 0.326 e. The van der Waals surface area contributed by atoms with Gasteiger partial charge in [-0.25, -0.2) is 4.79 Å². The van der Waals surface area contributed by atoms with Crippen molar-refractivity contribution in [3.05, 3.63) is 144 Å². The number of amides is 1. The third kappa shape index (κ3) is 8.54. The molecule has 0 aliphatic heterocycles. The number of nitrogens with zero attached hydrogens (tertiary/aromatic N) is 2. The smallest absolute Gasteiger partial charge is 0.326 e. The third-order valence-corrected chi connectivity index (χ3v) is 7.29. The van der Waals surface area contributed by atoms with Gasteiger partial charge in [0.05, 0.1) is 0 Å². The molecule has 1 amide bonds. The molecular formula is C34H35ClN2O3. The Bertz CT molecular complexity index is 1280. The van der Waals surface area contributed by atoms with Crippen molar-refractivity contribution < 1.29 is 14.7 Å². The second-order valence-electron chi connectivity index (χ2n) is 9.94. The minimum absolute atomic E-state index is 0.174. The molecule has 1 N–H and O–H groups in total. The Hall–Kier alpha value is -3.93. The number of hydrogen-bond donors (Lipinski definition) is 1. The van der Waals surface area contributed by atoms with E-state index in [1.54, 1.807) is 0 Å². The molecule has 0 unspecified atom stereocenters. The van der Waals surface area contributed by atoms with Crippen molar-refractivity contribution >= 4 is 23.5 Å². The Balaban J connectivity index is 1.72. The summed E-state index contributed by atoms with van der Waals surface area (Å²) in [5.74, 6) is -1.71. The molecular weight excluding hydrogens is 520 g/mol. The highest BCUT2D eigenvalue weighted by molar-refractivity contribution is 6.27. The first-order valence-electron chi connectivity index (χ1n) is 13.5. The topological polar surface area (TPSA) is 60.9 Å². The fraction of sp³-hybridized carbons (Fsp3) is 0.235. The predicted octanol–water partition coefficient (Wildman–Crippen LogP) is 6.06. The number of carboxylic acids is 1. The largest absolute Gasteiger partial charge is 0.480 e. The highest BCUT2D eigenvalue weighted by Gasteiger charge is 2.33. The predicted molar refractivity (Wildman–Crippen MR) is 160 cm³/mol. The Morgan fingerprint density at radius 2 is 1.02 bits per heavy atom. The van der Waals surface area contributed by atoms with Crippen LogP contribution in [0.15, 0.2) is 121 Å². The average molecular weight is 555 g/mol. The summed E-state index contributed by atoms with van der Waals surface area (Å²) in [6.45, 7) is 1.52. The minimum Gasteiger partial charge on any atom is -0.480 e. The molecule has 0 spiro atoms. The molecule has 0 saturated carbocycles. The quantitative estimate of drug-likeness (QED) is 0.192. The van der Waals surface area contributed by atoms with E-state index in [9.17, 15) is 14.7 Å². The summed E-state index contributed by atoms with van der Waals surface area (Å²) >= 11 is 6.08. The molecule has 4 aromatic carbocycles. The van der Waals surface area contributed by atoms with Gasteiger partial charge in [0.2, 0.25) is 5.91 Å². The summed E-state index contributed by atoms with van der Waals surface area (Å²) in [7, 11) is 0. The van der Waals surface area contributed by atoms with Crippen LogP contribution in [0.25, 0.3) is 0 Å². The third-order valence-electron chi connectivity index (χ3n) is 7.06. The molecule has 0 bridgehead atoms. The van der Waals surface area contributed by atoms with Crippen molar-refractivity contribution in [3.8, 4) is 0 Å². The van der Waals surface area contributed by atoms with E-state index in [2.05, 4.69) is 41.3 Å². The Morgan fingerprint density at radius 1 is 0.625 bits per heavy atom. The van der Waals surface area contributed by atoms with Gasteiger partial charge in [0.1, 0.15) is 11.9 Å². The Morgan fingerprint density at radius 3 is 1.43 bits per heavy atom. The summed E-state index contributed by atoms with van der Waals surface area (Å²) in [5, 5.41) is 10.3. The number of alkyl halides is 1. The number of halogens is 1. The maximum atomic E-state index is 13.3. The molecule has 0 heterocycles. The zero-order valence-electron chi connectivity index (χ0n) is 22.5. The van der Waals surface area contributed by atoms with Crippen LogP contribution in [0.5, 0.6) is 0 Å². The molecule has 0 aromatic heterocycles. The van der Waals surface area contributed by atoms with Gasteiger partial charge < -0.3 is 10.0 Å². The van der Waals surface area contributed by atoms with Gasteiger partial charge in [0.15, 0.2) is 0 Å². The molecule has 2 atom stereocenters. The van der Waals surface area contributed by atoms with E-state index in [1.165, 1.54) is 4.90 Å². The molecule has 4 rings (SSSR count). The number of carboxylic acid groups (broad SMARTS) is 1. The second kappa shape index (κ2) is 15.0. The van der Waals surface area contributed by atoms with E-state index in [0.29, 0.717) is 19.5 Å². The lowest BCUT2D eigenvalue weighted by Crippen LogP contribution is -2.53. The summed E-state index contributed by atoms with van der Waals surface area (Å²) < 4.78 is 0. The number of hydrogen-bond acceptors (Lipinski definition) is 3. The van der Waals surface area contributed by atoms with E-state index in [1.807, 2.05) is 84.9 Å². The van der Waals surface area contributed by atoms with Gasteiger partial charge in [0.25, 0.3) is 0 Å². The highest BCUT2D eigenvalue weighted by atomic mass is 35.5.